The van der Waals surface area contributed by atoms with Crippen LogP contribution in [0.2, 0.25) is 10.0 Å². The standard InChI is InChI=1S/C22H19Cl2FN2O4/c1-12(22(30)31)26-21(29)19-16(23)10-14-11-27(9-8-15(14)20(19)24)18(28)7-6-13-4-2-3-5-17(13)25/h2-7,10,12H,8-9,11H2,1H3,(H,26,29)(H,30,31)/b7-6+/t12-/m0/s1. The van der Waals surface area contributed by atoms with Crippen molar-refractivity contribution in [2.24, 2.45) is 0 Å². The third-order valence-electron chi connectivity index (χ3n) is 4.97. The monoisotopic (exact) mass is 464 g/mol. The van der Waals surface area contributed by atoms with Gasteiger partial charge in [0.2, 0.25) is 5.91 Å². The van der Waals surface area contributed by atoms with Gasteiger partial charge in [0.1, 0.15) is 11.9 Å². The third kappa shape index (κ3) is 5.06. The Morgan fingerprint density at radius 1 is 1.26 bits per heavy atom. The first kappa shape index (κ1) is 22.8. The van der Waals surface area contributed by atoms with Gasteiger partial charge in [-0.3, -0.25) is 14.4 Å². The lowest BCUT2D eigenvalue weighted by Crippen LogP contribution is -2.39. The van der Waals surface area contributed by atoms with Crippen molar-refractivity contribution in [3.05, 3.63) is 74.5 Å². The zero-order valence-electron chi connectivity index (χ0n) is 16.5. The molecule has 0 aliphatic carbocycles. The van der Waals surface area contributed by atoms with E-state index in [-0.39, 0.29) is 28.1 Å². The molecule has 0 unspecified atom stereocenters. The molecule has 3 rings (SSSR count). The van der Waals surface area contributed by atoms with E-state index < -0.39 is 23.7 Å². The molecule has 2 aromatic carbocycles. The smallest absolute Gasteiger partial charge is 0.325 e. The highest BCUT2D eigenvalue weighted by atomic mass is 35.5. The van der Waals surface area contributed by atoms with Crippen LogP contribution in [-0.4, -0.2) is 40.4 Å². The van der Waals surface area contributed by atoms with E-state index in [0.717, 1.165) is 0 Å². The van der Waals surface area contributed by atoms with Gasteiger partial charge < -0.3 is 15.3 Å². The van der Waals surface area contributed by atoms with Crippen LogP contribution in [0.25, 0.3) is 6.08 Å². The summed E-state index contributed by atoms with van der Waals surface area (Å²) in [6.45, 7) is 1.91. The third-order valence-corrected chi connectivity index (χ3v) is 5.69. The Labute approximate surface area is 188 Å². The summed E-state index contributed by atoms with van der Waals surface area (Å²) in [4.78, 5) is 37.6. The van der Waals surface area contributed by atoms with Gasteiger partial charge in [0.15, 0.2) is 0 Å². The number of hydrogen-bond acceptors (Lipinski definition) is 3. The minimum atomic E-state index is -1.18. The van der Waals surface area contributed by atoms with Crippen LogP contribution in [0.15, 0.2) is 36.4 Å². The maximum atomic E-state index is 13.7. The van der Waals surface area contributed by atoms with Crippen molar-refractivity contribution in [3.63, 3.8) is 0 Å². The Kier molecular flexibility index (Phi) is 6.97. The first-order valence-electron chi connectivity index (χ1n) is 9.44. The number of carboxylic acids is 1. The van der Waals surface area contributed by atoms with Crippen molar-refractivity contribution in [2.75, 3.05) is 6.54 Å². The summed E-state index contributed by atoms with van der Waals surface area (Å²) in [5, 5.41) is 11.5. The average Bonchev–Trinajstić information content (AvgIpc) is 2.72. The molecule has 1 aliphatic rings. The number of fused-ring (bicyclic) bond motifs is 1. The molecule has 0 fully saturated rings. The van der Waals surface area contributed by atoms with Gasteiger partial charge in [0.05, 0.1) is 15.6 Å². The normalized spacial score (nSPS) is 14.3. The van der Waals surface area contributed by atoms with Crippen molar-refractivity contribution in [1.82, 2.24) is 10.2 Å². The highest BCUT2D eigenvalue weighted by Gasteiger charge is 2.27. The van der Waals surface area contributed by atoms with E-state index in [9.17, 15) is 18.8 Å². The number of carboxylic acid groups (broad SMARTS) is 1. The molecule has 1 heterocycles. The molecule has 9 heteroatoms. The first-order chi connectivity index (χ1) is 14.7. The van der Waals surface area contributed by atoms with E-state index in [1.807, 2.05) is 0 Å². The SMILES string of the molecule is C[C@H](NC(=O)c1c(Cl)cc2c(c1Cl)CCN(C(=O)/C=C/c1ccccc1F)C2)C(=O)O. The molecule has 2 aromatic rings. The van der Waals surface area contributed by atoms with Gasteiger partial charge in [-0.15, -0.1) is 0 Å². The molecule has 31 heavy (non-hydrogen) atoms. The molecule has 0 saturated heterocycles. The van der Waals surface area contributed by atoms with Gasteiger partial charge in [0.25, 0.3) is 5.91 Å². The fourth-order valence-electron chi connectivity index (χ4n) is 3.26. The van der Waals surface area contributed by atoms with Crippen molar-refractivity contribution in [3.8, 4) is 0 Å². The number of nitrogens with zero attached hydrogens (tertiary/aromatic N) is 1. The number of amides is 2. The molecule has 2 amide bonds. The number of benzene rings is 2. The summed E-state index contributed by atoms with van der Waals surface area (Å²) >= 11 is 12.7. The van der Waals surface area contributed by atoms with Crippen LogP contribution in [0, 0.1) is 5.82 Å². The Hall–Kier alpha value is -2.90. The van der Waals surface area contributed by atoms with Crippen molar-refractivity contribution in [2.45, 2.75) is 25.9 Å². The van der Waals surface area contributed by atoms with Crippen LogP contribution in [0.4, 0.5) is 4.39 Å². The van der Waals surface area contributed by atoms with Crippen molar-refractivity contribution in [1.29, 1.82) is 0 Å². The summed E-state index contributed by atoms with van der Waals surface area (Å²) in [6, 6.07) is 6.59. The Balaban J connectivity index is 1.79. The molecule has 2 N–H and O–H groups in total. The van der Waals surface area contributed by atoms with E-state index in [1.165, 1.54) is 25.1 Å². The molecule has 1 atom stereocenters. The Morgan fingerprint density at radius 3 is 2.65 bits per heavy atom. The maximum Gasteiger partial charge on any atom is 0.325 e. The van der Waals surface area contributed by atoms with Crippen LogP contribution in [0.3, 0.4) is 0 Å². The van der Waals surface area contributed by atoms with Gasteiger partial charge in [-0.05, 0) is 42.7 Å². The minimum Gasteiger partial charge on any atom is -0.480 e. The highest BCUT2D eigenvalue weighted by molar-refractivity contribution is 6.40. The minimum absolute atomic E-state index is 0.00871. The van der Waals surface area contributed by atoms with Crippen molar-refractivity contribution < 1.29 is 23.9 Å². The van der Waals surface area contributed by atoms with E-state index in [0.29, 0.717) is 29.7 Å². The predicted molar refractivity (Wildman–Crippen MR) is 116 cm³/mol. The molecular formula is C22H19Cl2FN2O4. The summed E-state index contributed by atoms with van der Waals surface area (Å²) in [7, 11) is 0. The predicted octanol–water partition coefficient (Wildman–Crippen LogP) is 3.93. The molecule has 0 radical (unpaired) electrons. The average molecular weight is 465 g/mol. The Bertz CT molecular complexity index is 1090. The topological polar surface area (TPSA) is 86.7 Å². The maximum absolute atomic E-state index is 13.7. The molecular weight excluding hydrogens is 446 g/mol. The molecule has 1 aliphatic heterocycles. The summed E-state index contributed by atoms with van der Waals surface area (Å²) in [6.07, 6.45) is 3.12. The fourth-order valence-corrected chi connectivity index (χ4v) is 4.02. The largest absolute Gasteiger partial charge is 0.480 e. The molecule has 0 aromatic heterocycles. The Morgan fingerprint density at radius 2 is 1.97 bits per heavy atom. The summed E-state index contributed by atoms with van der Waals surface area (Å²) in [5.41, 5.74) is 1.69. The molecule has 6 nitrogen and oxygen atoms in total. The second kappa shape index (κ2) is 9.49. The molecule has 0 bridgehead atoms. The zero-order chi connectivity index (χ0) is 22.7. The number of nitrogens with one attached hydrogen (secondary N) is 1. The van der Waals surface area contributed by atoms with E-state index >= 15 is 0 Å². The first-order valence-corrected chi connectivity index (χ1v) is 10.2. The summed E-state index contributed by atoms with van der Waals surface area (Å²) in [5.74, 6) is -2.58. The number of hydrogen-bond donors (Lipinski definition) is 2. The molecule has 0 spiro atoms. The van der Waals surface area contributed by atoms with Gasteiger partial charge >= 0.3 is 5.97 Å². The summed E-state index contributed by atoms with van der Waals surface area (Å²) < 4.78 is 13.7. The molecule has 162 valence electrons. The number of carbonyl (C=O) groups is 3. The number of carbonyl (C=O) groups excluding carboxylic acids is 2. The number of halogens is 3. The lowest BCUT2D eigenvalue weighted by atomic mass is 9.96. The molecule has 0 saturated carbocycles. The number of aliphatic carboxylic acids is 1. The van der Waals surface area contributed by atoms with Gasteiger partial charge in [-0.1, -0.05) is 41.4 Å². The second-order valence-corrected chi connectivity index (χ2v) is 7.87. The second-order valence-electron chi connectivity index (χ2n) is 7.08. The van der Waals surface area contributed by atoms with Crippen LogP contribution < -0.4 is 5.32 Å². The lowest BCUT2D eigenvalue weighted by molar-refractivity contribution is -0.138. The lowest BCUT2D eigenvalue weighted by Gasteiger charge is -2.29. The van der Waals surface area contributed by atoms with Crippen LogP contribution >= 0.6 is 23.2 Å². The fraction of sp³-hybridized carbons (Fsp3) is 0.227. The van der Waals surface area contributed by atoms with Gasteiger partial charge in [-0.2, -0.15) is 0 Å². The van der Waals surface area contributed by atoms with Gasteiger partial charge in [-0.25, -0.2) is 4.39 Å². The zero-order valence-corrected chi connectivity index (χ0v) is 18.0. The van der Waals surface area contributed by atoms with Crippen LogP contribution in [-0.2, 0) is 22.6 Å². The van der Waals surface area contributed by atoms with E-state index in [1.54, 1.807) is 29.2 Å². The van der Waals surface area contributed by atoms with Crippen LogP contribution in [0.1, 0.15) is 34.0 Å². The highest BCUT2D eigenvalue weighted by Crippen LogP contribution is 2.34. The van der Waals surface area contributed by atoms with E-state index in [4.69, 9.17) is 28.3 Å². The van der Waals surface area contributed by atoms with Crippen molar-refractivity contribution >= 4 is 47.1 Å². The van der Waals surface area contributed by atoms with E-state index in [2.05, 4.69) is 5.32 Å². The van der Waals surface area contributed by atoms with Gasteiger partial charge in [0, 0.05) is 24.7 Å². The number of rotatable bonds is 5. The quantitative estimate of drug-likeness (QED) is 0.656. The van der Waals surface area contributed by atoms with Crippen LogP contribution in [0.5, 0.6) is 0 Å².